The highest BCUT2D eigenvalue weighted by atomic mass is 16.2. The number of hydrogen-bond acceptors (Lipinski definition) is 4. The average molecular weight is 298 g/mol. The van der Waals surface area contributed by atoms with Crippen LogP contribution in [0.15, 0.2) is 41.6 Å². The van der Waals surface area contributed by atoms with Crippen molar-refractivity contribution in [1.29, 1.82) is 0 Å². The van der Waals surface area contributed by atoms with Crippen molar-refractivity contribution in [3.63, 3.8) is 0 Å². The molecule has 0 saturated heterocycles. The number of carbonyl (C=O) groups excluding carboxylic acids is 1. The number of amides is 1. The molecule has 0 aliphatic heterocycles. The fraction of sp³-hybridized carbons (Fsp3) is 0.375. The maximum Gasteiger partial charge on any atom is 0.269 e. The highest BCUT2D eigenvalue weighted by Crippen LogP contribution is 2.42. The van der Waals surface area contributed by atoms with Crippen LogP contribution < -0.4 is 10.9 Å². The molecule has 0 aromatic carbocycles. The molecule has 2 heterocycles. The number of nitrogens with one attached hydrogen (secondary N) is 2. The third kappa shape index (κ3) is 3.21. The summed E-state index contributed by atoms with van der Waals surface area (Å²) in [7, 11) is 0. The summed E-state index contributed by atoms with van der Waals surface area (Å²) in [6, 6.07) is 5.89. The van der Waals surface area contributed by atoms with Crippen molar-refractivity contribution in [3.8, 4) is 0 Å². The molecule has 1 saturated carbocycles. The molecule has 3 rings (SSSR count). The van der Waals surface area contributed by atoms with Gasteiger partial charge < -0.3 is 10.3 Å². The van der Waals surface area contributed by atoms with E-state index in [4.69, 9.17) is 0 Å². The monoisotopic (exact) mass is 298 g/mol. The van der Waals surface area contributed by atoms with E-state index < -0.39 is 0 Å². The summed E-state index contributed by atoms with van der Waals surface area (Å²) >= 11 is 0. The molecule has 0 atom stereocenters. The van der Waals surface area contributed by atoms with Crippen molar-refractivity contribution in [2.45, 2.75) is 25.7 Å². The smallest absolute Gasteiger partial charge is 0.269 e. The van der Waals surface area contributed by atoms with Gasteiger partial charge in [0.05, 0.1) is 12.4 Å². The Balaban J connectivity index is 1.64. The van der Waals surface area contributed by atoms with E-state index in [1.165, 1.54) is 12.6 Å². The maximum absolute atomic E-state index is 12.1. The number of rotatable bonds is 5. The van der Waals surface area contributed by atoms with Crippen LogP contribution in [0.1, 0.15) is 35.4 Å². The van der Waals surface area contributed by atoms with Crippen molar-refractivity contribution in [2.24, 2.45) is 5.41 Å². The van der Waals surface area contributed by atoms with E-state index >= 15 is 0 Å². The van der Waals surface area contributed by atoms with Crippen LogP contribution in [0, 0.1) is 5.41 Å². The summed E-state index contributed by atoms with van der Waals surface area (Å²) in [5.74, 6) is -0.294. The lowest BCUT2D eigenvalue weighted by atomic mass is 9.66. The molecule has 22 heavy (non-hydrogen) atoms. The van der Waals surface area contributed by atoms with Crippen LogP contribution in [0.4, 0.5) is 0 Å². The molecule has 2 aromatic heterocycles. The highest BCUT2D eigenvalue weighted by Gasteiger charge is 2.37. The topological polar surface area (TPSA) is 87.7 Å². The number of hydrogen-bond donors (Lipinski definition) is 2. The molecule has 6 nitrogen and oxygen atoms in total. The quantitative estimate of drug-likeness (QED) is 0.871. The minimum absolute atomic E-state index is 0.0759. The minimum Gasteiger partial charge on any atom is -0.350 e. The molecular weight excluding hydrogens is 280 g/mol. The van der Waals surface area contributed by atoms with Crippen LogP contribution in [0.5, 0.6) is 0 Å². The summed E-state index contributed by atoms with van der Waals surface area (Å²) < 4.78 is 0. The van der Waals surface area contributed by atoms with Crippen molar-refractivity contribution in [3.05, 3.63) is 58.5 Å². The predicted octanol–water partition coefficient (Wildman–Crippen LogP) is 1.31. The van der Waals surface area contributed by atoms with E-state index in [9.17, 15) is 9.59 Å². The Morgan fingerprint density at radius 1 is 1.32 bits per heavy atom. The highest BCUT2D eigenvalue weighted by molar-refractivity contribution is 5.91. The number of aromatic nitrogens is 3. The van der Waals surface area contributed by atoms with E-state index in [1.807, 2.05) is 18.2 Å². The molecule has 2 N–H and O–H groups in total. The van der Waals surface area contributed by atoms with Gasteiger partial charge in [-0.1, -0.05) is 12.5 Å². The first-order chi connectivity index (χ1) is 10.7. The van der Waals surface area contributed by atoms with E-state index in [2.05, 4.69) is 20.3 Å². The van der Waals surface area contributed by atoms with E-state index in [-0.39, 0.29) is 22.6 Å². The fourth-order valence-electron chi connectivity index (χ4n) is 2.83. The summed E-state index contributed by atoms with van der Waals surface area (Å²) in [6.45, 7) is 0.583. The number of nitrogens with zero attached hydrogens (tertiary/aromatic N) is 2. The molecular formula is C16H18N4O2. The summed E-state index contributed by atoms with van der Waals surface area (Å²) in [5, 5.41) is 2.91. The van der Waals surface area contributed by atoms with Gasteiger partial charge in [-0.3, -0.25) is 19.6 Å². The van der Waals surface area contributed by atoms with Gasteiger partial charge >= 0.3 is 0 Å². The van der Waals surface area contributed by atoms with Crippen LogP contribution in [0.3, 0.4) is 0 Å². The van der Waals surface area contributed by atoms with Gasteiger partial charge in [0.25, 0.3) is 11.5 Å². The molecule has 0 radical (unpaired) electrons. The standard InChI is InChI=1S/C16H18N4O2/c21-14-10-17-9-13(20-14)15(22)19-11-16(5-3-6-16)8-12-4-1-2-7-18-12/h1-2,4,7,9-10H,3,5-6,8,11H2,(H,19,22)(H,20,21). The average Bonchev–Trinajstić information content (AvgIpc) is 2.50. The number of aromatic amines is 1. The first-order valence-corrected chi connectivity index (χ1v) is 7.39. The Bertz CT molecular complexity index is 707. The van der Waals surface area contributed by atoms with Gasteiger partial charge in [-0.25, -0.2) is 0 Å². The zero-order chi connectivity index (χ0) is 15.4. The zero-order valence-corrected chi connectivity index (χ0v) is 12.2. The lowest BCUT2D eigenvalue weighted by Gasteiger charge is -2.42. The third-order valence-corrected chi connectivity index (χ3v) is 4.22. The van der Waals surface area contributed by atoms with Crippen LogP contribution >= 0.6 is 0 Å². The SMILES string of the molecule is O=C(NCC1(Cc2ccccn2)CCC1)c1cncc(=O)[nH]1. The molecule has 6 heteroatoms. The Labute approximate surface area is 128 Å². The third-order valence-electron chi connectivity index (χ3n) is 4.22. The van der Waals surface area contributed by atoms with Gasteiger partial charge in [0, 0.05) is 18.4 Å². The van der Waals surface area contributed by atoms with Gasteiger partial charge in [-0.2, -0.15) is 0 Å². The zero-order valence-electron chi connectivity index (χ0n) is 12.2. The molecule has 0 unspecified atom stereocenters. The van der Waals surface area contributed by atoms with E-state index in [0.717, 1.165) is 31.2 Å². The van der Waals surface area contributed by atoms with Crippen LogP contribution in [-0.2, 0) is 6.42 Å². The second-order valence-electron chi connectivity index (χ2n) is 5.84. The summed E-state index contributed by atoms with van der Waals surface area (Å²) in [6.07, 6.45) is 8.49. The molecule has 2 aromatic rings. The lowest BCUT2D eigenvalue weighted by Crippen LogP contribution is -2.44. The molecule has 1 aliphatic rings. The Morgan fingerprint density at radius 3 is 2.82 bits per heavy atom. The molecule has 1 fully saturated rings. The Morgan fingerprint density at radius 2 is 2.18 bits per heavy atom. The van der Waals surface area contributed by atoms with Gasteiger partial charge in [-0.05, 0) is 36.8 Å². The van der Waals surface area contributed by atoms with Crippen molar-refractivity contribution >= 4 is 5.91 Å². The van der Waals surface area contributed by atoms with E-state index in [1.54, 1.807) is 6.20 Å². The normalized spacial score (nSPS) is 15.8. The molecule has 1 amide bonds. The van der Waals surface area contributed by atoms with Crippen molar-refractivity contribution < 1.29 is 4.79 Å². The second-order valence-corrected chi connectivity index (χ2v) is 5.84. The summed E-state index contributed by atoms with van der Waals surface area (Å²) in [5.41, 5.74) is 0.942. The largest absolute Gasteiger partial charge is 0.350 e. The van der Waals surface area contributed by atoms with Crippen LogP contribution in [0.25, 0.3) is 0 Å². The summed E-state index contributed by atoms with van der Waals surface area (Å²) in [4.78, 5) is 33.9. The fourth-order valence-corrected chi connectivity index (χ4v) is 2.83. The molecule has 114 valence electrons. The molecule has 0 spiro atoms. The van der Waals surface area contributed by atoms with E-state index in [0.29, 0.717) is 6.54 Å². The van der Waals surface area contributed by atoms with Crippen LogP contribution in [-0.4, -0.2) is 27.4 Å². The Hall–Kier alpha value is -2.50. The predicted molar refractivity (Wildman–Crippen MR) is 81.4 cm³/mol. The van der Waals surface area contributed by atoms with Gasteiger partial charge in [0.2, 0.25) is 0 Å². The Kier molecular flexibility index (Phi) is 4.00. The first-order valence-electron chi connectivity index (χ1n) is 7.39. The second kappa shape index (κ2) is 6.09. The maximum atomic E-state index is 12.1. The number of carbonyl (C=O) groups is 1. The van der Waals surface area contributed by atoms with Crippen molar-refractivity contribution in [2.75, 3.05) is 6.54 Å². The van der Waals surface area contributed by atoms with Gasteiger partial charge in [0.1, 0.15) is 5.69 Å². The van der Waals surface area contributed by atoms with Gasteiger partial charge in [-0.15, -0.1) is 0 Å². The first kappa shape index (κ1) is 14.4. The number of pyridine rings is 1. The molecule has 0 bridgehead atoms. The van der Waals surface area contributed by atoms with Gasteiger partial charge in [0.15, 0.2) is 0 Å². The lowest BCUT2D eigenvalue weighted by molar-refractivity contribution is 0.0852. The van der Waals surface area contributed by atoms with Crippen LogP contribution in [0.2, 0.25) is 0 Å². The molecule has 1 aliphatic carbocycles. The minimum atomic E-state index is -0.375. The number of H-pyrrole nitrogens is 1. The van der Waals surface area contributed by atoms with Crippen molar-refractivity contribution in [1.82, 2.24) is 20.3 Å².